The van der Waals surface area contributed by atoms with Crippen molar-refractivity contribution in [3.8, 4) is 5.75 Å². The molecule has 0 unspecified atom stereocenters. The van der Waals surface area contributed by atoms with Gasteiger partial charge < -0.3 is 4.74 Å². The van der Waals surface area contributed by atoms with Crippen molar-refractivity contribution in [2.75, 3.05) is 5.33 Å². The zero-order valence-corrected chi connectivity index (χ0v) is 11.4. The molecule has 0 aliphatic carbocycles. The average Bonchev–Trinajstić information content (AvgIpc) is 2.27. The first kappa shape index (κ1) is 15.3. The Morgan fingerprint density at radius 3 is 2.56 bits per heavy atom. The lowest BCUT2D eigenvalue weighted by Crippen LogP contribution is -2.17. The summed E-state index contributed by atoms with van der Waals surface area (Å²) in [6, 6.07) is 3.56. The van der Waals surface area contributed by atoms with Gasteiger partial charge in [-0.05, 0) is 17.7 Å². The van der Waals surface area contributed by atoms with Gasteiger partial charge in [-0.1, -0.05) is 22.0 Å². The van der Waals surface area contributed by atoms with Crippen molar-refractivity contribution < 1.29 is 22.7 Å². The van der Waals surface area contributed by atoms with Crippen LogP contribution in [0.5, 0.6) is 5.75 Å². The molecule has 0 fully saturated rings. The second kappa shape index (κ2) is 6.43. The molecule has 1 aromatic rings. The van der Waals surface area contributed by atoms with Crippen LogP contribution in [0, 0.1) is 0 Å². The normalized spacial score (nSPS) is 11.4. The summed E-state index contributed by atoms with van der Waals surface area (Å²) in [5.41, 5.74) is 0.642. The van der Waals surface area contributed by atoms with Gasteiger partial charge in [0.15, 0.2) is 5.78 Å². The number of ether oxygens (including phenoxy) is 1. The molecule has 100 valence electrons. The van der Waals surface area contributed by atoms with Crippen LogP contribution in [0.25, 0.3) is 0 Å². The molecule has 0 aromatic heterocycles. The highest BCUT2D eigenvalue weighted by atomic mass is 79.9. The lowest BCUT2D eigenvalue weighted by molar-refractivity contribution is -0.274. The molecule has 0 aliphatic rings. The van der Waals surface area contributed by atoms with Crippen LogP contribution in [-0.4, -0.2) is 17.5 Å². The van der Waals surface area contributed by atoms with Crippen LogP contribution in [0.2, 0.25) is 0 Å². The highest BCUT2D eigenvalue weighted by molar-refractivity contribution is 9.09. The maximum absolute atomic E-state index is 12.1. The number of benzene rings is 1. The maximum atomic E-state index is 12.1. The molecule has 0 spiro atoms. The molecule has 1 rings (SSSR count). The van der Waals surface area contributed by atoms with Gasteiger partial charge in [0.05, 0.1) is 0 Å². The number of Topliss-reactive ketones (excluding diaryl/α,β-unsaturated/α-hetero) is 1. The minimum atomic E-state index is -4.78. The Labute approximate surface area is 115 Å². The van der Waals surface area contributed by atoms with E-state index in [4.69, 9.17) is 11.6 Å². The van der Waals surface area contributed by atoms with E-state index in [9.17, 15) is 18.0 Å². The Hall–Kier alpha value is -0.750. The first-order valence-corrected chi connectivity index (χ1v) is 6.56. The van der Waals surface area contributed by atoms with Gasteiger partial charge in [-0.2, -0.15) is 0 Å². The first-order chi connectivity index (χ1) is 8.37. The van der Waals surface area contributed by atoms with Gasteiger partial charge in [0.25, 0.3) is 0 Å². The van der Waals surface area contributed by atoms with Crippen molar-refractivity contribution >= 4 is 33.3 Å². The third-order valence-electron chi connectivity index (χ3n) is 2.08. The molecule has 18 heavy (non-hydrogen) atoms. The molecule has 0 radical (unpaired) electrons. The van der Waals surface area contributed by atoms with E-state index in [0.29, 0.717) is 10.9 Å². The standard InChI is InChI=1S/C11H9BrClF3O2/c12-4-3-10(17)9-5-8(18-11(14,15)16)2-1-7(9)6-13/h1-2,5H,3-4,6H2. The fourth-order valence-electron chi connectivity index (χ4n) is 1.35. The number of carbonyl (C=O) groups is 1. The summed E-state index contributed by atoms with van der Waals surface area (Å²) in [7, 11) is 0. The third kappa shape index (κ3) is 4.49. The van der Waals surface area contributed by atoms with Crippen molar-refractivity contribution in [2.24, 2.45) is 0 Å². The second-order valence-corrected chi connectivity index (χ2v) is 4.42. The molecule has 0 N–H and O–H groups in total. The predicted octanol–water partition coefficient (Wildman–Crippen LogP) is 4.29. The Morgan fingerprint density at radius 2 is 2.06 bits per heavy atom. The molecule has 0 saturated carbocycles. The molecule has 1 aromatic carbocycles. The van der Waals surface area contributed by atoms with Gasteiger partial charge in [-0.25, -0.2) is 0 Å². The summed E-state index contributed by atoms with van der Waals surface area (Å²) in [5.74, 6) is -0.653. The quantitative estimate of drug-likeness (QED) is 0.588. The van der Waals surface area contributed by atoms with Crippen LogP contribution in [-0.2, 0) is 5.88 Å². The molecule has 0 heterocycles. The van der Waals surface area contributed by atoms with Crippen LogP contribution in [0.4, 0.5) is 13.2 Å². The van der Waals surface area contributed by atoms with E-state index in [-0.39, 0.29) is 23.6 Å². The van der Waals surface area contributed by atoms with E-state index < -0.39 is 12.1 Å². The van der Waals surface area contributed by atoms with E-state index >= 15 is 0 Å². The first-order valence-electron chi connectivity index (χ1n) is 4.91. The molecule has 7 heteroatoms. The molecule has 2 nitrogen and oxygen atoms in total. The van der Waals surface area contributed by atoms with Gasteiger partial charge in [-0.3, -0.25) is 4.79 Å². The molecular weight excluding hydrogens is 336 g/mol. The highest BCUT2D eigenvalue weighted by Crippen LogP contribution is 2.26. The molecule has 0 atom stereocenters. The Bertz CT molecular complexity index is 435. The number of rotatable bonds is 5. The number of ketones is 1. The van der Waals surface area contributed by atoms with Crippen molar-refractivity contribution in [1.82, 2.24) is 0 Å². The monoisotopic (exact) mass is 344 g/mol. The van der Waals surface area contributed by atoms with Crippen LogP contribution in [0.1, 0.15) is 22.3 Å². The lowest BCUT2D eigenvalue weighted by Gasteiger charge is -2.12. The minimum absolute atomic E-state index is 0.0512. The second-order valence-electron chi connectivity index (χ2n) is 3.36. The number of halogens is 5. The van der Waals surface area contributed by atoms with Gasteiger partial charge in [0.1, 0.15) is 5.75 Å². The zero-order chi connectivity index (χ0) is 13.8. The van der Waals surface area contributed by atoms with E-state index in [1.807, 2.05) is 0 Å². The summed E-state index contributed by atoms with van der Waals surface area (Å²) in [5, 5.41) is 0.428. The zero-order valence-electron chi connectivity index (χ0n) is 9.06. The number of alkyl halides is 5. The molecule has 0 amide bonds. The van der Waals surface area contributed by atoms with Gasteiger partial charge >= 0.3 is 6.36 Å². The largest absolute Gasteiger partial charge is 0.573 e. The van der Waals surface area contributed by atoms with Crippen molar-refractivity contribution in [1.29, 1.82) is 0 Å². The summed E-state index contributed by atoms with van der Waals surface area (Å²) in [6.07, 6.45) is -4.60. The molecular formula is C11H9BrClF3O2. The van der Waals surface area contributed by atoms with Crippen LogP contribution in [0.15, 0.2) is 18.2 Å². The molecule has 0 bridgehead atoms. The minimum Gasteiger partial charge on any atom is -0.406 e. The summed E-state index contributed by atoms with van der Waals surface area (Å²) in [4.78, 5) is 11.7. The van der Waals surface area contributed by atoms with Crippen LogP contribution >= 0.6 is 27.5 Å². The van der Waals surface area contributed by atoms with Crippen LogP contribution in [0.3, 0.4) is 0 Å². The summed E-state index contributed by atoms with van der Waals surface area (Å²) >= 11 is 8.73. The van der Waals surface area contributed by atoms with Gasteiger partial charge in [0, 0.05) is 23.2 Å². The smallest absolute Gasteiger partial charge is 0.406 e. The Morgan fingerprint density at radius 1 is 1.39 bits per heavy atom. The summed E-state index contributed by atoms with van der Waals surface area (Å²) in [6.45, 7) is 0. The van der Waals surface area contributed by atoms with E-state index in [2.05, 4.69) is 20.7 Å². The SMILES string of the molecule is O=C(CCBr)c1cc(OC(F)(F)F)ccc1CCl. The fraction of sp³-hybridized carbons (Fsp3) is 0.364. The number of hydrogen-bond acceptors (Lipinski definition) is 2. The van der Waals surface area contributed by atoms with Gasteiger partial charge in [-0.15, -0.1) is 24.8 Å². The topological polar surface area (TPSA) is 26.3 Å². The van der Waals surface area contributed by atoms with Gasteiger partial charge in [0.2, 0.25) is 0 Å². The number of carbonyl (C=O) groups excluding carboxylic acids is 1. The van der Waals surface area contributed by atoms with E-state index in [0.717, 1.165) is 12.1 Å². The van der Waals surface area contributed by atoms with Crippen molar-refractivity contribution in [2.45, 2.75) is 18.7 Å². The third-order valence-corrected chi connectivity index (χ3v) is 2.77. The predicted molar refractivity (Wildman–Crippen MR) is 65.4 cm³/mol. The van der Waals surface area contributed by atoms with E-state index in [1.54, 1.807) is 0 Å². The lowest BCUT2D eigenvalue weighted by atomic mass is 10.0. The van der Waals surface area contributed by atoms with Crippen molar-refractivity contribution in [3.63, 3.8) is 0 Å². The molecule has 0 saturated heterocycles. The Kier molecular flexibility index (Phi) is 5.47. The van der Waals surface area contributed by atoms with E-state index in [1.165, 1.54) is 6.07 Å². The Balaban J connectivity index is 3.05. The summed E-state index contributed by atoms with van der Waals surface area (Å²) < 4.78 is 40.0. The van der Waals surface area contributed by atoms with Crippen LogP contribution < -0.4 is 4.74 Å². The maximum Gasteiger partial charge on any atom is 0.573 e. The fourth-order valence-corrected chi connectivity index (χ4v) is 1.94. The average molecular weight is 346 g/mol. The highest BCUT2D eigenvalue weighted by Gasteiger charge is 2.31. The van der Waals surface area contributed by atoms with Crippen molar-refractivity contribution in [3.05, 3.63) is 29.3 Å². The number of hydrogen-bond donors (Lipinski definition) is 0. The molecule has 0 aliphatic heterocycles.